The molecule has 2 aliphatic rings. The molecule has 1 aliphatic heterocycles. The molecule has 1 aromatic heterocycles. The van der Waals surface area contributed by atoms with Crippen LogP contribution >= 0.6 is 11.6 Å². The van der Waals surface area contributed by atoms with Crippen molar-refractivity contribution >= 4 is 33.3 Å². The first-order valence-electron chi connectivity index (χ1n) is 10.2. The van der Waals surface area contributed by atoms with Crippen LogP contribution in [0.25, 0.3) is 11.1 Å². The van der Waals surface area contributed by atoms with Crippen LogP contribution in [0.2, 0.25) is 5.02 Å². The SMILES string of the molecule is O=C1OCCc2cc(F)ncc2-c2ccc(C3CC3)c(c2)NS(=O)(=O)c2cc1cc(Cl)c2O. The average molecular weight is 489 g/mol. The zero-order valence-corrected chi connectivity index (χ0v) is 18.7. The highest BCUT2D eigenvalue weighted by atomic mass is 35.5. The standard InChI is InChI=1S/C23H18ClFN2O5S/c24-18-7-15-9-20(22(18)28)33(30,31)27-19-8-13(3-4-16(19)12-1-2-12)17-11-26-21(25)10-14(17)5-6-32-23(15)29/h3-4,7-12,27-28H,1-2,5-6H2. The number of pyridine rings is 1. The zero-order valence-electron chi connectivity index (χ0n) is 17.1. The molecule has 5 rings (SSSR count). The van der Waals surface area contributed by atoms with Gasteiger partial charge in [-0.25, -0.2) is 18.2 Å². The lowest BCUT2D eigenvalue weighted by Crippen LogP contribution is -2.17. The molecule has 1 saturated carbocycles. The van der Waals surface area contributed by atoms with E-state index in [2.05, 4.69) is 9.71 Å². The van der Waals surface area contributed by atoms with Crippen molar-refractivity contribution in [2.45, 2.75) is 30.1 Å². The summed E-state index contributed by atoms with van der Waals surface area (Å²) in [5.74, 6) is -1.95. The van der Waals surface area contributed by atoms with E-state index in [-0.39, 0.29) is 29.5 Å². The number of cyclic esters (lactones) is 1. The number of halogens is 2. The number of aromatic nitrogens is 1. The largest absolute Gasteiger partial charge is 0.505 e. The molecule has 1 aliphatic carbocycles. The van der Waals surface area contributed by atoms with Gasteiger partial charge in [-0.2, -0.15) is 4.39 Å². The van der Waals surface area contributed by atoms with Gasteiger partial charge in [-0.15, -0.1) is 0 Å². The number of esters is 1. The second-order valence-corrected chi connectivity index (χ2v) is 10.1. The highest BCUT2D eigenvalue weighted by molar-refractivity contribution is 7.92. The number of sulfonamides is 1. The van der Waals surface area contributed by atoms with E-state index >= 15 is 0 Å². The lowest BCUT2D eigenvalue weighted by atomic mass is 9.97. The van der Waals surface area contributed by atoms with Crippen molar-refractivity contribution < 1.29 is 27.4 Å². The molecule has 2 aromatic carbocycles. The summed E-state index contributed by atoms with van der Waals surface area (Å²) in [6, 6.07) is 8.77. The van der Waals surface area contributed by atoms with E-state index in [0.29, 0.717) is 22.4 Å². The number of ether oxygens (including phenoxy) is 1. The van der Waals surface area contributed by atoms with E-state index < -0.39 is 32.6 Å². The molecule has 2 N–H and O–H groups in total. The Labute approximate surface area is 194 Å². The molecule has 170 valence electrons. The number of nitrogens with zero attached hydrogens (tertiary/aromatic N) is 1. The van der Waals surface area contributed by atoms with Gasteiger partial charge in [-0.05, 0) is 59.7 Å². The van der Waals surface area contributed by atoms with Gasteiger partial charge in [0.2, 0.25) is 5.95 Å². The molecule has 0 atom stereocenters. The molecule has 2 heterocycles. The van der Waals surface area contributed by atoms with Gasteiger partial charge in [0.25, 0.3) is 10.0 Å². The third-order valence-corrected chi connectivity index (χ3v) is 7.41. The molecule has 3 aromatic rings. The molecule has 4 bridgehead atoms. The van der Waals surface area contributed by atoms with Gasteiger partial charge in [-0.1, -0.05) is 23.7 Å². The number of hydrogen-bond donors (Lipinski definition) is 2. The van der Waals surface area contributed by atoms with E-state index in [9.17, 15) is 22.7 Å². The first-order valence-corrected chi connectivity index (χ1v) is 12.1. The van der Waals surface area contributed by atoms with Crippen molar-refractivity contribution in [2.75, 3.05) is 11.3 Å². The van der Waals surface area contributed by atoms with Crippen molar-refractivity contribution in [3.8, 4) is 16.9 Å². The predicted octanol–water partition coefficient (Wildman–Crippen LogP) is 4.64. The van der Waals surface area contributed by atoms with E-state index in [1.807, 2.05) is 12.1 Å². The van der Waals surface area contributed by atoms with Gasteiger partial charge in [0.15, 0.2) is 5.75 Å². The Morgan fingerprint density at radius 1 is 1.15 bits per heavy atom. The maximum absolute atomic E-state index is 13.9. The van der Waals surface area contributed by atoms with Crippen molar-refractivity contribution in [3.05, 3.63) is 70.3 Å². The molecule has 0 radical (unpaired) electrons. The number of benzene rings is 2. The summed E-state index contributed by atoms with van der Waals surface area (Å²) in [6.45, 7) is -0.0822. The lowest BCUT2D eigenvalue weighted by molar-refractivity contribution is 0.0509. The number of carbonyl (C=O) groups is 1. The van der Waals surface area contributed by atoms with Crippen LogP contribution in [0.1, 0.15) is 40.2 Å². The maximum atomic E-state index is 13.9. The smallest absolute Gasteiger partial charge is 0.338 e. The Kier molecular flexibility index (Phi) is 5.25. The molecule has 0 spiro atoms. The predicted molar refractivity (Wildman–Crippen MR) is 120 cm³/mol. The molecular weight excluding hydrogens is 471 g/mol. The summed E-state index contributed by atoms with van der Waals surface area (Å²) in [7, 11) is -4.32. The van der Waals surface area contributed by atoms with Gasteiger partial charge in [0, 0.05) is 18.2 Å². The fraction of sp³-hybridized carbons (Fsp3) is 0.217. The summed E-state index contributed by atoms with van der Waals surface area (Å²) >= 11 is 6.02. The van der Waals surface area contributed by atoms with Crippen LogP contribution < -0.4 is 4.72 Å². The summed E-state index contributed by atoms with van der Waals surface area (Å²) in [5.41, 5.74) is 2.80. The molecule has 0 unspecified atom stereocenters. The number of fused-ring (bicyclic) bond motifs is 6. The molecule has 1 fully saturated rings. The fourth-order valence-corrected chi connectivity index (χ4v) is 5.43. The van der Waals surface area contributed by atoms with Crippen molar-refractivity contribution in [2.24, 2.45) is 0 Å². The van der Waals surface area contributed by atoms with Crippen LogP contribution in [0.15, 0.2) is 47.5 Å². The molecule has 7 nitrogen and oxygen atoms in total. The second-order valence-electron chi connectivity index (χ2n) is 8.04. The number of carbonyl (C=O) groups excluding carboxylic acids is 1. The highest BCUT2D eigenvalue weighted by Gasteiger charge is 2.30. The van der Waals surface area contributed by atoms with Gasteiger partial charge >= 0.3 is 5.97 Å². The minimum Gasteiger partial charge on any atom is -0.505 e. The van der Waals surface area contributed by atoms with Gasteiger partial charge < -0.3 is 9.84 Å². The number of nitrogens with one attached hydrogen (secondary N) is 1. The van der Waals surface area contributed by atoms with Crippen LogP contribution in [0.3, 0.4) is 0 Å². The number of aromatic hydroxyl groups is 1. The van der Waals surface area contributed by atoms with E-state index in [1.165, 1.54) is 12.3 Å². The van der Waals surface area contributed by atoms with Crippen LogP contribution in [0.4, 0.5) is 10.1 Å². The van der Waals surface area contributed by atoms with Crippen LogP contribution in [-0.4, -0.2) is 31.1 Å². The van der Waals surface area contributed by atoms with Crippen LogP contribution in [0.5, 0.6) is 5.75 Å². The molecular formula is C23H18ClFN2O5S. The quantitative estimate of drug-likeness (QED) is 0.382. The van der Waals surface area contributed by atoms with Crippen LogP contribution in [-0.2, 0) is 21.2 Å². The van der Waals surface area contributed by atoms with Crippen LogP contribution in [0, 0.1) is 5.95 Å². The van der Waals surface area contributed by atoms with Crippen molar-refractivity contribution in [3.63, 3.8) is 0 Å². The highest BCUT2D eigenvalue weighted by Crippen LogP contribution is 2.45. The number of phenolic OH excluding ortho intramolecular Hbond substituents is 1. The minimum absolute atomic E-state index is 0.0822. The van der Waals surface area contributed by atoms with E-state index in [4.69, 9.17) is 16.3 Å². The third kappa shape index (κ3) is 4.14. The average Bonchev–Trinajstić information content (AvgIpc) is 3.60. The summed E-state index contributed by atoms with van der Waals surface area (Å²) < 4.78 is 48.2. The Hall–Kier alpha value is -3.17. The maximum Gasteiger partial charge on any atom is 0.338 e. The van der Waals surface area contributed by atoms with Gasteiger partial charge in [0.05, 0.1) is 22.9 Å². The van der Waals surface area contributed by atoms with Crippen molar-refractivity contribution in [1.29, 1.82) is 0 Å². The van der Waals surface area contributed by atoms with Gasteiger partial charge in [-0.3, -0.25) is 4.72 Å². The molecule has 33 heavy (non-hydrogen) atoms. The van der Waals surface area contributed by atoms with Gasteiger partial charge in [0.1, 0.15) is 4.90 Å². The minimum atomic E-state index is -4.32. The summed E-state index contributed by atoms with van der Waals surface area (Å²) in [5, 5.41) is 10.1. The first kappa shape index (κ1) is 21.7. The Bertz CT molecular complexity index is 1410. The topological polar surface area (TPSA) is 106 Å². The number of anilines is 1. The Balaban J connectivity index is 1.73. The van der Waals surface area contributed by atoms with Crippen molar-refractivity contribution in [1.82, 2.24) is 4.98 Å². The Morgan fingerprint density at radius 2 is 1.94 bits per heavy atom. The summed E-state index contributed by atoms with van der Waals surface area (Å²) in [6.07, 6.45) is 3.44. The lowest BCUT2D eigenvalue weighted by Gasteiger charge is -2.18. The second kappa shape index (κ2) is 8.00. The molecule has 0 amide bonds. The van der Waals surface area contributed by atoms with E-state index in [1.54, 1.807) is 6.07 Å². The fourth-order valence-electron chi connectivity index (χ4n) is 3.93. The number of rotatable bonds is 1. The normalized spacial score (nSPS) is 17.3. The van der Waals surface area contributed by atoms with E-state index in [0.717, 1.165) is 30.5 Å². The Morgan fingerprint density at radius 3 is 2.70 bits per heavy atom. The monoisotopic (exact) mass is 488 g/mol. The molecule has 10 heteroatoms. The number of hydrogen-bond acceptors (Lipinski definition) is 6. The summed E-state index contributed by atoms with van der Waals surface area (Å²) in [4.78, 5) is 15.8. The number of phenols is 1. The first-order chi connectivity index (χ1) is 15.7. The zero-order chi connectivity index (χ0) is 23.3. The third-order valence-electron chi connectivity index (χ3n) is 5.74. The molecule has 0 saturated heterocycles.